The lowest BCUT2D eigenvalue weighted by Gasteiger charge is -2.18. The number of pyridine rings is 1. The maximum atomic E-state index is 8.84. The topological polar surface area (TPSA) is 48.7 Å². The Bertz CT molecular complexity index is 339. The number of nitrogens with zero attached hydrogens (tertiary/aromatic N) is 2. The van der Waals surface area contributed by atoms with Crippen molar-refractivity contribution in [2.45, 2.75) is 26.8 Å². The third kappa shape index (κ3) is 2.46. The number of rotatable bonds is 3. The van der Waals surface area contributed by atoms with Gasteiger partial charge in [0.1, 0.15) is 11.9 Å². The van der Waals surface area contributed by atoms with E-state index in [2.05, 4.69) is 37.1 Å². The Kier molecular flexibility index (Phi) is 3.47. The van der Waals surface area contributed by atoms with Crippen molar-refractivity contribution in [1.29, 1.82) is 5.26 Å². The predicted octanol–water partition coefficient (Wildman–Crippen LogP) is 2.41. The van der Waals surface area contributed by atoms with Crippen LogP contribution >= 0.6 is 0 Å². The molecule has 1 N–H and O–H groups in total. The second-order valence-corrected chi connectivity index (χ2v) is 3.69. The molecule has 0 aliphatic rings. The van der Waals surface area contributed by atoms with Gasteiger partial charge in [-0.15, -0.1) is 0 Å². The van der Waals surface area contributed by atoms with Gasteiger partial charge in [-0.2, -0.15) is 5.26 Å². The predicted molar refractivity (Wildman–Crippen MR) is 56.9 cm³/mol. The third-order valence-electron chi connectivity index (χ3n) is 2.29. The molecule has 0 amide bonds. The summed E-state index contributed by atoms with van der Waals surface area (Å²) in [6.07, 6.45) is 1.69. The average molecular weight is 189 g/mol. The SMILES string of the molecule is CC(C)C(C)Nc1ncccc1C#N. The van der Waals surface area contributed by atoms with Crippen molar-refractivity contribution in [3.05, 3.63) is 23.9 Å². The summed E-state index contributed by atoms with van der Waals surface area (Å²) in [5.74, 6) is 1.19. The Morgan fingerprint density at radius 1 is 1.43 bits per heavy atom. The summed E-state index contributed by atoms with van der Waals surface area (Å²) in [4.78, 5) is 4.14. The molecule has 0 bridgehead atoms. The van der Waals surface area contributed by atoms with Gasteiger partial charge in [0.2, 0.25) is 0 Å². The molecular weight excluding hydrogens is 174 g/mol. The Labute approximate surface area is 84.8 Å². The molecule has 1 unspecified atom stereocenters. The number of nitrogens with one attached hydrogen (secondary N) is 1. The molecule has 1 heterocycles. The van der Waals surface area contributed by atoms with Crippen LogP contribution in [0, 0.1) is 17.2 Å². The van der Waals surface area contributed by atoms with Gasteiger partial charge in [0, 0.05) is 12.2 Å². The molecule has 1 aromatic heterocycles. The van der Waals surface area contributed by atoms with Gasteiger partial charge in [-0.05, 0) is 25.0 Å². The van der Waals surface area contributed by atoms with Crippen molar-refractivity contribution in [2.75, 3.05) is 5.32 Å². The zero-order valence-electron chi connectivity index (χ0n) is 8.78. The number of aromatic nitrogens is 1. The van der Waals surface area contributed by atoms with Gasteiger partial charge in [-0.1, -0.05) is 13.8 Å². The van der Waals surface area contributed by atoms with Gasteiger partial charge in [-0.3, -0.25) is 0 Å². The van der Waals surface area contributed by atoms with Crippen LogP contribution in [0.4, 0.5) is 5.82 Å². The highest BCUT2D eigenvalue weighted by Gasteiger charge is 2.09. The molecule has 0 spiro atoms. The Morgan fingerprint density at radius 2 is 2.14 bits per heavy atom. The smallest absolute Gasteiger partial charge is 0.144 e. The molecule has 14 heavy (non-hydrogen) atoms. The highest BCUT2D eigenvalue weighted by atomic mass is 15.0. The lowest BCUT2D eigenvalue weighted by Crippen LogP contribution is -2.22. The fourth-order valence-corrected chi connectivity index (χ4v) is 0.993. The summed E-state index contributed by atoms with van der Waals surface area (Å²) in [7, 11) is 0. The molecule has 0 aliphatic heterocycles. The van der Waals surface area contributed by atoms with Crippen molar-refractivity contribution in [2.24, 2.45) is 5.92 Å². The molecule has 0 aliphatic carbocycles. The first-order valence-corrected chi connectivity index (χ1v) is 4.76. The van der Waals surface area contributed by atoms with Crippen molar-refractivity contribution < 1.29 is 0 Å². The van der Waals surface area contributed by atoms with Crippen LogP contribution in [0.25, 0.3) is 0 Å². The quantitative estimate of drug-likeness (QED) is 0.794. The Hall–Kier alpha value is -1.56. The van der Waals surface area contributed by atoms with Gasteiger partial charge in [0.25, 0.3) is 0 Å². The summed E-state index contributed by atoms with van der Waals surface area (Å²) in [6, 6.07) is 5.97. The van der Waals surface area contributed by atoms with E-state index >= 15 is 0 Å². The van der Waals surface area contributed by atoms with E-state index in [9.17, 15) is 0 Å². The second kappa shape index (κ2) is 4.61. The standard InChI is InChI=1S/C11H15N3/c1-8(2)9(3)14-11-10(7-12)5-4-6-13-11/h4-6,8-9H,1-3H3,(H,13,14). The molecular formula is C11H15N3. The van der Waals surface area contributed by atoms with E-state index < -0.39 is 0 Å². The Morgan fingerprint density at radius 3 is 2.71 bits per heavy atom. The average Bonchev–Trinajstić information content (AvgIpc) is 2.18. The zero-order valence-corrected chi connectivity index (χ0v) is 8.78. The molecule has 0 saturated heterocycles. The zero-order chi connectivity index (χ0) is 10.6. The maximum absolute atomic E-state index is 8.84. The lowest BCUT2D eigenvalue weighted by atomic mass is 10.1. The molecule has 3 nitrogen and oxygen atoms in total. The number of anilines is 1. The van der Waals surface area contributed by atoms with E-state index in [4.69, 9.17) is 5.26 Å². The van der Waals surface area contributed by atoms with E-state index in [0.29, 0.717) is 23.3 Å². The minimum Gasteiger partial charge on any atom is -0.366 e. The fraction of sp³-hybridized carbons (Fsp3) is 0.455. The van der Waals surface area contributed by atoms with Crippen LogP contribution in [-0.4, -0.2) is 11.0 Å². The maximum Gasteiger partial charge on any atom is 0.144 e. The fourth-order valence-electron chi connectivity index (χ4n) is 0.993. The largest absolute Gasteiger partial charge is 0.366 e. The normalized spacial score (nSPS) is 12.2. The van der Waals surface area contributed by atoms with Gasteiger partial charge >= 0.3 is 0 Å². The van der Waals surface area contributed by atoms with E-state index in [1.807, 2.05) is 0 Å². The molecule has 1 rings (SSSR count). The highest BCUT2D eigenvalue weighted by Crippen LogP contribution is 2.13. The van der Waals surface area contributed by atoms with Crippen LogP contribution in [0.5, 0.6) is 0 Å². The van der Waals surface area contributed by atoms with Gasteiger partial charge < -0.3 is 5.32 Å². The molecule has 0 aromatic carbocycles. The molecule has 3 heteroatoms. The highest BCUT2D eigenvalue weighted by molar-refractivity contribution is 5.51. The van der Waals surface area contributed by atoms with Crippen LogP contribution in [0.15, 0.2) is 18.3 Å². The molecule has 0 radical (unpaired) electrons. The van der Waals surface area contributed by atoms with E-state index in [0.717, 1.165) is 0 Å². The first-order chi connectivity index (χ1) is 6.65. The van der Waals surface area contributed by atoms with E-state index in [-0.39, 0.29) is 0 Å². The minimum atomic E-state index is 0.317. The Balaban J connectivity index is 2.82. The summed E-state index contributed by atoms with van der Waals surface area (Å²) in [6.45, 7) is 6.35. The van der Waals surface area contributed by atoms with Crippen molar-refractivity contribution in [3.63, 3.8) is 0 Å². The van der Waals surface area contributed by atoms with E-state index in [1.165, 1.54) is 0 Å². The lowest BCUT2D eigenvalue weighted by molar-refractivity contribution is 0.558. The first-order valence-electron chi connectivity index (χ1n) is 4.76. The van der Waals surface area contributed by atoms with Crippen molar-refractivity contribution >= 4 is 5.82 Å². The number of hydrogen-bond acceptors (Lipinski definition) is 3. The molecule has 1 aromatic rings. The summed E-state index contributed by atoms with van der Waals surface area (Å²) >= 11 is 0. The van der Waals surface area contributed by atoms with E-state index in [1.54, 1.807) is 18.3 Å². The first kappa shape index (κ1) is 10.5. The van der Waals surface area contributed by atoms with Crippen LogP contribution in [0.2, 0.25) is 0 Å². The van der Waals surface area contributed by atoms with Crippen molar-refractivity contribution in [1.82, 2.24) is 4.98 Å². The monoisotopic (exact) mass is 189 g/mol. The number of hydrogen-bond donors (Lipinski definition) is 1. The summed E-state index contributed by atoms with van der Waals surface area (Å²) < 4.78 is 0. The van der Waals surface area contributed by atoms with Crippen LogP contribution in [0.3, 0.4) is 0 Å². The molecule has 0 fully saturated rings. The molecule has 1 atom stereocenters. The number of nitriles is 1. The van der Waals surface area contributed by atoms with Crippen LogP contribution < -0.4 is 5.32 Å². The molecule has 0 saturated carbocycles. The van der Waals surface area contributed by atoms with Gasteiger partial charge in [0.15, 0.2) is 0 Å². The van der Waals surface area contributed by atoms with Gasteiger partial charge in [-0.25, -0.2) is 4.98 Å². The molecule has 74 valence electrons. The van der Waals surface area contributed by atoms with Crippen molar-refractivity contribution in [3.8, 4) is 6.07 Å². The van der Waals surface area contributed by atoms with Crippen LogP contribution in [-0.2, 0) is 0 Å². The summed E-state index contributed by atoms with van der Waals surface area (Å²) in [5.41, 5.74) is 0.597. The minimum absolute atomic E-state index is 0.317. The summed E-state index contributed by atoms with van der Waals surface area (Å²) in [5, 5.41) is 12.1. The third-order valence-corrected chi connectivity index (χ3v) is 2.29. The van der Waals surface area contributed by atoms with Crippen LogP contribution in [0.1, 0.15) is 26.3 Å². The van der Waals surface area contributed by atoms with Gasteiger partial charge in [0.05, 0.1) is 5.56 Å². The second-order valence-electron chi connectivity index (χ2n) is 3.69.